The Labute approximate surface area is 118 Å². The molecule has 2 rings (SSSR count). The van der Waals surface area contributed by atoms with Gasteiger partial charge in [-0.05, 0) is 42.8 Å². The van der Waals surface area contributed by atoms with E-state index in [0.29, 0.717) is 18.7 Å². The Morgan fingerprint density at radius 3 is 2.50 bits per heavy atom. The van der Waals surface area contributed by atoms with Crippen molar-refractivity contribution in [1.82, 2.24) is 0 Å². The van der Waals surface area contributed by atoms with Crippen LogP contribution in [0.15, 0.2) is 48.5 Å². The lowest BCUT2D eigenvalue weighted by Gasteiger charge is -2.10. The number of hydrogen-bond donors (Lipinski definition) is 2. The molecule has 0 atom stereocenters. The number of carbonyl (C=O) groups is 1. The summed E-state index contributed by atoms with van der Waals surface area (Å²) in [6.45, 7) is 3.15. The lowest BCUT2D eigenvalue weighted by atomic mass is 10.1. The molecule has 0 spiro atoms. The van der Waals surface area contributed by atoms with E-state index in [2.05, 4.69) is 5.32 Å². The molecule has 0 bridgehead atoms. The van der Waals surface area contributed by atoms with E-state index >= 15 is 0 Å². The van der Waals surface area contributed by atoms with E-state index in [9.17, 15) is 4.79 Å². The second-order valence-corrected chi connectivity index (χ2v) is 4.33. The molecule has 0 saturated carbocycles. The molecule has 0 unspecified atom stereocenters. The van der Waals surface area contributed by atoms with Gasteiger partial charge in [0.2, 0.25) is 5.91 Å². The molecule has 4 nitrogen and oxygen atoms in total. The van der Waals surface area contributed by atoms with Gasteiger partial charge in [-0.15, -0.1) is 0 Å². The van der Waals surface area contributed by atoms with Crippen LogP contribution in [-0.2, 0) is 6.54 Å². The van der Waals surface area contributed by atoms with Gasteiger partial charge in [0.05, 0.1) is 6.61 Å². The summed E-state index contributed by atoms with van der Waals surface area (Å²) in [5.41, 5.74) is 7.75. The van der Waals surface area contributed by atoms with Gasteiger partial charge in [-0.25, -0.2) is 0 Å². The molecule has 1 amide bonds. The van der Waals surface area contributed by atoms with Crippen molar-refractivity contribution in [1.29, 1.82) is 0 Å². The molecule has 104 valence electrons. The second-order valence-electron chi connectivity index (χ2n) is 4.33. The maximum Gasteiger partial charge on any atom is 0.249 e. The molecular formula is C16H18N2O2. The number of hydrogen-bond acceptors (Lipinski definition) is 3. The van der Waals surface area contributed by atoms with Crippen LogP contribution in [0, 0.1) is 0 Å². The largest absolute Gasteiger partial charge is 0.494 e. The first-order valence-corrected chi connectivity index (χ1v) is 6.55. The van der Waals surface area contributed by atoms with Crippen LogP contribution < -0.4 is 15.8 Å². The van der Waals surface area contributed by atoms with E-state index in [0.717, 1.165) is 17.0 Å². The van der Waals surface area contributed by atoms with Gasteiger partial charge in [0.25, 0.3) is 0 Å². The zero-order valence-corrected chi connectivity index (χ0v) is 11.4. The van der Waals surface area contributed by atoms with Crippen LogP contribution in [0.5, 0.6) is 5.75 Å². The van der Waals surface area contributed by atoms with E-state index in [1.807, 2.05) is 43.3 Å². The Morgan fingerprint density at radius 1 is 1.15 bits per heavy atom. The van der Waals surface area contributed by atoms with E-state index in [1.165, 1.54) is 0 Å². The van der Waals surface area contributed by atoms with Gasteiger partial charge < -0.3 is 15.8 Å². The summed E-state index contributed by atoms with van der Waals surface area (Å²) in [5, 5.41) is 3.26. The van der Waals surface area contributed by atoms with Crippen molar-refractivity contribution in [2.45, 2.75) is 13.5 Å². The number of carbonyl (C=O) groups excluding carboxylic acids is 1. The first-order valence-electron chi connectivity index (χ1n) is 6.55. The number of primary amides is 1. The fourth-order valence-corrected chi connectivity index (χ4v) is 1.95. The highest BCUT2D eigenvalue weighted by molar-refractivity contribution is 5.94. The van der Waals surface area contributed by atoms with Crippen molar-refractivity contribution >= 4 is 11.6 Å². The van der Waals surface area contributed by atoms with Gasteiger partial charge in [-0.2, -0.15) is 0 Å². The van der Waals surface area contributed by atoms with E-state index in [1.54, 1.807) is 12.1 Å². The highest BCUT2D eigenvalue weighted by Crippen LogP contribution is 2.17. The van der Waals surface area contributed by atoms with Gasteiger partial charge >= 0.3 is 0 Å². The van der Waals surface area contributed by atoms with Crippen LogP contribution in [0.3, 0.4) is 0 Å². The summed E-state index contributed by atoms with van der Waals surface area (Å²) in [4.78, 5) is 11.3. The maximum atomic E-state index is 11.3. The molecule has 0 aromatic heterocycles. The van der Waals surface area contributed by atoms with Crippen LogP contribution >= 0.6 is 0 Å². The first kappa shape index (κ1) is 13.9. The molecule has 0 aliphatic rings. The summed E-state index contributed by atoms with van der Waals surface area (Å²) in [5.74, 6) is 0.435. The van der Waals surface area contributed by atoms with Crippen molar-refractivity contribution in [2.75, 3.05) is 11.9 Å². The highest BCUT2D eigenvalue weighted by atomic mass is 16.5. The van der Waals surface area contributed by atoms with Gasteiger partial charge in [-0.1, -0.05) is 18.2 Å². The standard InChI is InChI=1S/C16H18N2O2/c1-2-20-14-9-7-13(8-10-14)18-11-12-5-3-4-6-15(12)16(17)19/h3-10,18H,2,11H2,1H3,(H2,17,19). The topological polar surface area (TPSA) is 64.3 Å². The molecule has 0 aliphatic carbocycles. The zero-order chi connectivity index (χ0) is 14.4. The molecule has 3 N–H and O–H groups in total. The molecule has 0 fully saturated rings. The third-order valence-electron chi connectivity index (χ3n) is 2.93. The van der Waals surface area contributed by atoms with Gasteiger partial charge in [0.15, 0.2) is 0 Å². The molecular weight excluding hydrogens is 252 g/mol. The van der Waals surface area contributed by atoms with Crippen molar-refractivity contribution in [3.05, 3.63) is 59.7 Å². The molecule has 20 heavy (non-hydrogen) atoms. The molecule has 2 aromatic carbocycles. The van der Waals surface area contributed by atoms with Crippen molar-refractivity contribution in [2.24, 2.45) is 5.73 Å². The Balaban J connectivity index is 2.03. The van der Waals surface area contributed by atoms with Gasteiger partial charge in [-0.3, -0.25) is 4.79 Å². The molecule has 2 aromatic rings. The Kier molecular flexibility index (Phi) is 4.60. The molecule has 4 heteroatoms. The Morgan fingerprint density at radius 2 is 1.85 bits per heavy atom. The minimum absolute atomic E-state index is 0.408. The molecule has 0 radical (unpaired) electrons. The lowest BCUT2D eigenvalue weighted by Crippen LogP contribution is -2.15. The molecule has 0 aliphatic heterocycles. The van der Waals surface area contributed by atoms with Gasteiger partial charge in [0.1, 0.15) is 5.75 Å². The third-order valence-corrected chi connectivity index (χ3v) is 2.93. The van der Waals surface area contributed by atoms with Crippen molar-refractivity contribution in [3.63, 3.8) is 0 Å². The minimum atomic E-state index is -0.408. The summed E-state index contributed by atoms with van der Waals surface area (Å²) >= 11 is 0. The van der Waals surface area contributed by atoms with Gasteiger partial charge in [0, 0.05) is 17.8 Å². The number of benzene rings is 2. The average Bonchev–Trinajstić information content (AvgIpc) is 2.47. The summed E-state index contributed by atoms with van der Waals surface area (Å²) in [6, 6.07) is 15.0. The zero-order valence-electron chi connectivity index (χ0n) is 11.4. The van der Waals surface area contributed by atoms with Crippen LogP contribution in [0.1, 0.15) is 22.8 Å². The Hall–Kier alpha value is -2.49. The number of anilines is 1. The smallest absolute Gasteiger partial charge is 0.249 e. The Bertz CT molecular complexity index is 579. The SMILES string of the molecule is CCOc1ccc(NCc2ccccc2C(N)=O)cc1. The van der Waals surface area contributed by atoms with Crippen LogP contribution in [-0.4, -0.2) is 12.5 Å². The van der Waals surface area contributed by atoms with E-state index in [-0.39, 0.29) is 0 Å². The van der Waals surface area contributed by atoms with E-state index < -0.39 is 5.91 Å². The molecule has 0 saturated heterocycles. The lowest BCUT2D eigenvalue weighted by molar-refractivity contribution is 0.0999. The quantitative estimate of drug-likeness (QED) is 0.848. The van der Waals surface area contributed by atoms with Crippen molar-refractivity contribution in [3.8, 4) is 5.75 Å². The first-order chi connectivity index (χ1) is 9.70. The number of rotatable bonds is 6. The van der Waals surface area contributed by atoms with E-state index in [4.69, 9.17) is 10.5 Å². The number of nitrogens with one attached hydrogen (secondary N) is 1. The number of ether oxygens (including phenoxy) is 1. The third kappa shape index (κ3) is 3.51. The fraction of sp³-hybridized carbons (Fsp3) is 0.188. The summed E-state index contributed by atoms with van der Waals surface area (Å²) in [7, 11) is 0. The fourth-order valence-electron chi connectivity index (χ4n) is 1.95. The second kappa shape index (κ2) is 6.61. The highest BCUT2D eigenvalue weighted by Gasteiger charge is 2.06. The number of nitrogens with two attached hydrogens (primary N) is 1. The normalized spacial score (nSPS) is 10.1. The summed E-state index contributed by atoms with van der Waals surface area (Å²) < 4.78 is 5.39. The predicted molar refractivity (Wildman–Crippen MR) is 79.9 cm³/mol. The minimum Gasteiger partial charge on any atom is -0.494 e. The monoisotopic (exact) mass is 270 g/mol. The predicted octanol–water partition coefficient (Wildman–Crippen LogP) is 2.80. The molecule has 0 heterocycles. The van der Waals surface area contributed by atoms with Crippen LogP contribution in [0.4, 0.5) is 5.69 Å². The van der Waals surface area contributed by atoms with Crippen LogP contribution in [0.2, 0.25) is 0 Å². The maximum absolute atomic E-state index is 11.3. The number of amides is 1. The van der Waals surface area contributed by atoms with Crippen LogP contribution in [0.25, 0.3) is 0 Å². The summed E-state index contributed by atoms with van der Waals surface area (Å²) in [6.07, 6.45) is 0. The average molecular weight is 270 g/mol. The van der Waals surface area contributed by atoms with Crippen molar-refractivity contribution < 1.29 is 9.53 Å².